The summed E-state index contributed by atoms with van der Waals surface area (Å²) in [6, 6.07) is 10.3. The fourth-order valence-electron chi connectivity index (χ4n) is 1.42. The monoisotopic (exact) mass is 189 g/mol. The molecule has 0 saturated carbocycles. The van der Waals surface area contributed by atoms with E-state index in [-0.39, 0.29) is 0 Å². The Bertz CT molecular complexity index is 285. The van der Waals surface area contributed by atoms with Crippen molar-refractivity contribution in [2.24, 2.45) is 11.7 Å². The van der Waals surface area contributed by atoms with Crippen molar-refractivity contribution < 1.29 is 0 Å². The summed E-state index contributed by atoms with van der Waals surface area (Å²) in [6.45, 7) is 4.47. The third-order valence-electron chi connectivity index (χ3n) is 2.34. The fraction of sp³-hybridized carbons (Fsp3) is 0.385. The van der Waals surface area contributed by atoms with Gasteiger partial charge in [0, 0.05) is 0 Å². The molecule has 1 nitrogen and oxygen atoms in total. The highest BCUT2D eigenvalue weighted by Crippen LogP contribution is 2.20. The maximum absolute atomic E-state index is 5.63. The van der Waals surface area contributed by atoms with E-state index < -0.39 is 0 Å². The van der Waals surface area contributed by atoms with Gasteiger partial charge in [-0.1, -0.05) is 44.2 Å². The Morgan fingerprint density at radius 3 is 2.43 bits per heavy atom. The van der Waals surface area contributed by atoms with Gasteiger partial charge in [0.1, 0.15) is 0 Å². The molecule has 0 aliphatic rings. The van der Waals surface area contributed by atoms with Gasteiger partial charge in [0.25, 0.3) is 0 Å². The van der Waals surface area contributed by atoms with Crippen LogP contribution in [-0.2, 0) is 0 Å². The average Bonchev–Trinajstić information content (AvgIpc) is 2.20. The zero-order valence-electron chi connectivity index (χ0n) is 9.03. The van der Waals surface area contributed by atoms with E-state index in [2.05, 4.69) is 26.0 Å². The molecule has 0 amide bonds. The Balaban J connectivity index is 2.65. The van der Waals surface area contributed by atoms with Crippen molar-refractivity contribution in [3.63, 3.8) is 0 Å². The third kappa shape index (κ3) is 3.25. The van der Waals surface area contributed by atoms with Crippen molar-refractivity contribution in [3.8, 4) is 0 Å². The van der Waals surface area contributed by atoms with Crippen LogP contribution in [0.15, 0.2) is 36.5 Å². The lowest BCUT2D eigenvalue weighted by molar-refractivity contribution is 0.598. The molecular formula is C13H19N. The summed E-state index contributed by atoms with van der Waals surface area (Å²) >= 11 is 0. The molecule has 1 rings (SSSR count). The molecular weight excluding hydrogens is 170 g/mol. The summed E-state index contributed by atoms with van der Waals surface area (Å²) in [6.07, 6.45) is 3.99. The molecule has 0 aliphatic carbocycles. The molecule has 14 heavy (non-hydrogen) atoms. The van der Waals surface area contributed by atoms with Crippen LogP contribution < -0.4 is 5.73 Å². The van der Waals surface area contributed by atoms with E-state index in [4.69, 9.17) is 5.73 Å². The molecule has 0 bridgehead atoms. The average molecular weight is 189 g/mol. The summed E-state index contributed by atoms with van der Waals surface area (Å²) in [7, 11) is 0. The predicted octanol–water partition coefficient (Wildman–Crippen LogP) is 3.42. The lowest BCUT2D eigenvalue weighted by Gasteiger charge is -2.08. The molecule has 1 aromatic rings. The number of hydrogen-bond donors (Lipinski definition) is 1. The Kier molecular flexibility index (Phi) is 4.24. The maximum Gasteiger partial charge on any atom is -0.00237 e. The van der Waals surface area contributed by atoms with Gasteiger partial charge in [0.2, 0.25) is 0 Å². The highest BCUT2D eigenvalue weighted by atomic mass is 14.5. The number of benzene rings is 1. The van der Waals surface area contributed by atoms with Crippen molar-refractivity contribution in [3.05, 3.63) is 42.1 Å². The van der Waals surface area contributed by atoms with Crippen molar-refractivity contribution in [1.82, 2.24) is 0 Å². The molecule has 0 aromatic heterocycles. The maximum atomic E-state index is 5.63. The topological polar surface area (TPSA) is 26.0 Å². The standard InChI is InChI=1S/C13H19N/c1-11(2)8-9-13(10-14)12-6-4-3-5-7-12/h3-7,10-11H,8-9,14H2,1-2H3/b13-10+. The minimum absolute atomic E-state index is 0.730. The van der Waals surface area contributed by atoms with E-state index in [0.29, 0.717) is 0 Å². The quantitative estimate of drug-likeness (QED) is 0.771. The van der Waals surface area contributed by atoms with Crippen LogP contribution in [0, 0.1) is 5.92 Å². The summed E-state index contributed by atoms with van der Waals surface area (Å²) in [5, 5.41) is 0. The second-order valence-electron chi connectivity index (χ2n) is 3.99. The number of allylic oxidation sites excluding steroid dienone is 1. The molecule has 0 fully saturated rings. The number of nitrogens with two attached hydrogens (primary N) is 1. The fourth-order valence-corrected chi connectivity index (χ4v) is 1.42. The zero-order chi connectivity index (χ0) is 10.4. The molecule has 0 radical (unpaired) electrons. The summed E-state index contributed by atoms with van der Waals surface area (Å²) in [4.78, 5) is 0. The van der Waals surface area contributed by atoms with Crippen LogP contribution in [0.5, 0.6) is 0 Å². The molecule has 0 unspecified atom stereocenters. The Morgan fingerprint density at radius 2 is 1.93 bits per heavy atom. The van der Waals surface area contributed by atoms with Gasteiger partial charge >= 0.3 is 0 Å². The van der Waals surface area contributed by atoms with Crippen molar-refractivity contribution in [2.45, 2.75) is 26.7 Å². The molecule has 0 atom stereocenters. The van der Waals surface area contributed by atoms with E-state index in [0.717, 1.165) is 12.3 Å². The van der Waals surface area contributed by atoms with Crippen LogP contribution in [0.2, 0.25) is 0 Å². The minimum Gasteiger partial charge on any atom is -0.404 e. The normalized spacial score (nSPS) is 12.1. The summed E-state index contributed by atoms with van der Waals surface area (Å²) in [5.74, 6) is 0.730. The first-order valence-corrected chi connectivity index (χ1v) is 5.20. The van der Waals surface area contributed by atoms with Gasteiger partial charge in [-0.25, -0.2) is 0 Å². The summed E-state index contributed by atoms with van der Waals surface area (Å²) < 4.78 is 0. The smallest absolute Gasteiger partial charge is 0.00237 e. The lowest BCUT2D eigenvalue weighted by Crippen LogP contribution is -1.93. The summed E-state index contributed by atoms with van der Waals surface area (Å²) in [5.41, 5.74) is 8.12. The predicted molar refractivity (Wildman–Crippen MR) is 62.7 cm³/mol. The molecule has 0 spiro atoms. The zero-order valence-corrected chi connectivity index (χ0v) is 9.03. The number of rotatable bonds is 4. The molecule has 1 heteroatoms. The molecule has 0 aliphatic heterocycles. The Hall–Kier alpha value is -1.24. The van der Waals surface area contributed by atoms with E-state index in [9.17, 15) is 0 Å². The van der Waals surface area contributed by atoms with Crippen molar-refractivity contribution >= 4 is 5.57 Å². The van der Waals surface area contributed by atoms with Gasteiger partial charge in [0.15, 0.2) is 0 Å². The van der Waals surface area contributed by atoms with Crippen LogP contribution >= 0.6 is 0 Å². The van der Waals surface area contributed by atoms with Gasteiger partial charge < -0.3 is 5.73 Å². The first-order chi connectivity index (χ1) is 6.74. The minimum atomic E-state index is 0.730. The lowest BCUT2D eigenvalue weighted by atomic mass is 9.98. The van der Waals surface area contributed by atoms with E-state index >= 15 is 0 Å². The van der Waals surface area contributed by atoms with Crippen LogP contribution in [0.1, 0.15) is 32.3 Å². The van der Waals surface area contributed by atoms with Gasteiger partial charge in [0.05, 0.1) is 0 Å². The highest BCUT2D eigenvalue weighted by molar-refractivity contribution is 5.64. The van der Waals surface area contributed by atoms with Crippen molar-refractivity contribution in [2.75, 3.05) is 0 Å². The van der Waals surface area contributed by atoms with Crippen LogP contribution in [0.25, 0.3) is 5.57 Å². The largest absolute Gasteiger partial charge is 0.404 e. The van der Waals surface area contributed by atoms with Crippen LogP contribution in [0.4, 0.5) is 0 Å². The second-order valence-corrected chi connectivity index (χ2v) is 3.99. The van der Waals surface area contributed by atoms with E-state index in [1.807, 2.05) is 18.2 Å². The molecule has 2 N–H and O–H groups in total. The van der Waals surface area contributed by atoms with Crippen LogP contribution in [-0.4, -0.2) is 0 Å². The Morgan fingerprint density at radius 1 is 1.29 bits per heavy atom. The first-order valence-electron chi connectivity index (χ1n) is 5.20. The molecule has 76 valence electrons. The number of hydrogen-bond acceptors (Lipinski definition) is 1. The van der Waals surface area contributed by atoms with E-state index in [1.165, 1.54) is 17.6 Å². The Labute approximate surface area is 86.6 Å². The molecule has 0 heterocycles. The SMILES string of the molecule is CC(C)CC/C(=C\N)c1ccccc1. The first kappa shape index (κ1) is 10.8. The van der Waals surface area contributed by atoms with Gasteiger partial charge in [-0.3, -0.25) is 0 Å². The van der Waals surface area contributed by atoms with E-state index in [1.54, 1.807) is 6.20 Å². The highest BCUT2D eigenvalue weighted by Gasteiger charge is 2.01. The second kappa shape index (κ2) is 5.48. The molecule has 0 saturated heterocycles. The van der Waals surface area contributed by atoms with Gasteiger partial charge in [-0.15, -0.1) is 0 Å². The van der Waals surface area contributed by atoms with Gasteiger partial charge in [-0.05, 0) is 36.1 Å². The van der Waals surface area contributed by atoms with Crippen LogP contribution in [0.3, 0.4) is 0 Å². The molecule has 1 aromatic carbocycles. The van der Waals surface area contributed by atoms with Gasteiger partial charge in [-0.2, -0.15) is 0 Å². The van der Waals surface area contributed by atoms with Crippen molar-refractivity contribution in [1.29, 1.82) is 0 Å². The third-order valence-corrected chi connectivity index (χ3v) is 2.34.